The lowest BCUT2D eigenvalue weighted by molar-refractivity contribution is 0.745. The molecule has 0 fully saturated rings. The number of nitrogens with zero attached hydrogens (tertiary/aromatic N) is 2. The Kier molecular flexibility index (Phi) is 6.16. The molecule has 1 heterocycles. The molecule has 0 bridgehead atoms. The number of nitrogens with two attached hydrogens (primary N) is 2. The second-order valence-corrected chi connectivity index (χ2v) is 1.87. The molecule has 0 radical (unpaired) electrons. The quantitative estimate of drug-likeness (QED) is 0.605. The lowest BCUT2D eigenvalue weighted by Gasteiger charge is -1.94. The van der Waals surface area contributed by atoms with Crippen LogP contribution in [-0.4, -0.2) is 15.2 Å². The summed E-state index contributed by atoms with van der Waals surface area (Å²) in [6, 6.07) is -0.130. The fourth-order valence-electron chi connectivity index (χ4n) is 0.492. The summed E-state index contributed by atoms with van der Waals surface area (Å²) < 4.78 is 0. The molecule has 66 valence electrons. The maximum atomic E-state index is 5.44. The van der Waals surface area contributed by atoms with E-state index in [-0.39, 0.29) is 36.8 Å². The minimum Gasteiger partial charge on any atom is -0.367 e. The van der Waals surface area contributed by atoms with Crippen molar-refractivity contribution in [3.05, 3.63) is 5.82 Å². The van der Waals surface area contributed by atoms with Crippen molar-refractivity contribution in [3.63, 3.8) is 0 Å². The van der Waals surface area contributed by atoms with Gasteiger partial charge < -0.3 is 11.5 Å². The second kappa shape index (κ2) is 5.17. The molecule has 0 saturated heterocycles. The molecule has 0 spiro atoms. The minimum atomic E-state index is -0.130. The van der Waals surface area contributed by atoms with Gasteiger partial charge >= 0.3 is 0 Å². The highest BCUT2D eigenvalue weighted by molar-refractivity contribution is 5.85. The highest BCUT2D eigenvalue weighted by Gasteiger charge is 2.02. The SMILES string of the molecule is CC(N)c1nc(N)n[nH]1.Cl.Cl. The highest BCUT2D eigenvalue weighted by atomic mass is 35.5. The summed E-state index contributed by atoms with van der Waals surface area (Å²) in [5.41, 5.74) is 10.6. The van der Waals surface area contributed by atoms with E-state index in [2.05, 4.69) is 15.2 Å². The molecule has 0 aliphatic rings. The Balaban J connectivity index is 0. The van der Waals surface area contributed by atoms with Gasteiger partial charge in [-0.15, -0.1) is 29.9 Å². The maximum Gasteiger partial charge on any atom is 0.239 e. The van der Waals surface area contributed by atoms with Crippen molar-refractivity contribution in [1.82, 2.24) is 15.2 Å². The van der Waals surface area contributed by atoms with Crippen LogP contribution in [0.1, 0.15) is 18.8 Å². The molecule has 1 aromatic heterocycles. The van der Waals surface area contributed by atoms with E-state index < -0.39 is 0 Å². The summed E-state index contributed by atoms with van der Waals surface area (Å²) in [7, 11) is 0. The van der Waals surface area contributed by atoms with E-state index in [4.69, 9.17) is 11.5 Å². The van der Waals surface area contributed by atoms with E-state index in [1.165, 1.54) is 0 Å². The number of aromatic amines is 1. The Labute approximate surface area is 76.8 Å². The number of rotatable bonds is 1. The summed E-state index contributed by atoms with van der Waals surface area (Å²) in [6.45, 7) is 1.81. The fraction of sp³-hybridized carbons (Fsp3) is 0.500. The molecule has 0 aliphatic heterocycles. The number of aromatic nitrogens is 3. The third-order valence-electron chi connectivity index (χ3n) is 0.951. The lowest BCUT2D eigenvalue weighted by atomic mass is 10.3. The molecule has 11 heavy (non-hydrogen) atoms. The molecule has 7 heteroatoms. The van der Waals surface area contributed by atoms with E-state index in [1.807, 2.05) is 0 Å². The van der Waals surface area contributed by atoms with Crippen LogP contribution in [0.5, 0.6) is 0 Å². The van der Waals surface area contributed by atoms with Crippen LogP contribution >= 0.6 is 24.8 Å². The number of hydrogen-bond donors (Lipinski definition) is 3. The van der Waals surface area contributed by atoms with Crippen molar-refractivity contribution >= 4 is 30.8 Å². The van der Waals surface area contributed by atoms with Gasteiger partial charge in [0.25, 0.3) is 0 Å². The van der Waals surface area contributed by atoms with E-state index in [1.54, 1.807) is 6.92 Å². The first kappa shape index (κ1) is 13.1. The lowest BCUT2D eigenvalue weighted by Crippen LogP contribution is -2.06. The normalized spacial score (nSPS) is 11.1. The van der Waals surface area contributed by atoms with Crippen LogP contribution in [0.3, 0.4) is 0 Å². The van der Waals surface area contributed by atoms with Gasteiger partial charge in [-0.05, 0) is 6.92 Å². The summed E-state index contributed by atoms with van der Waals surface area (Å²) in [6.07, 6.45) is 0. The second-order valence-electron chi connectivity index (χ2n) is 1.87. The average Bonchev–Trinajstić information content (AvgIpc) is 2.14. The van der Waals surface area contributed by atoms with Crippen molar-refractivity contribution < 1.29 is 0 Å². The molecule has 1 unspecified atom stereocenters. The first-order valence-corrected chi connectivity index (χ1v) is 2.63. The number of nitrogen functional groups attached to an aromatic ring is 1. The van der Waals surface area contributed by atoms with E-state index in [0.29, 0.717) is 5.82 Å². The molecule has 0 amide bonds. The van der Waals surface area contributed by atoms with Gasteiger partial charge in [-0.1, -0.05) is 0 Å². The highest BCUT2D eigenvalue weighted by Crippen LogP contribution is 2.01. The van der Waals surface area contributed by atoms with Crippen molar-refractivity contribution in [3.8, 4) is 0 Å². The fourth-order valence-corrected chi connectivity index (χ4v) is 0.492. The topological polar surface area (TPSA) is 93.6 Å². The summed E-state index contributed by atoms with van der Waals surface area (Å²) in [4.78, 5) is 3.80. The molecule has 0 saturated carbocycles. The van der Waals surface area contributed by atoms with E-state index >= 15 is 0 Å². The number of halogens is 2. The zero-order chi connectivity index (χ0) is 6.85. The summed E-state index contributed by atoms with van der Waals surface area (Å²) in [5.74, 6) is 0.856. The molecular formula is C4H11Cl2N5. The van der Waals surface area contributed by atoms with Crippen LogP contribution in [0, 0.1) is 0 Å². The van der Waals surface area contributed by atoms with Gasteiger partial charge in [0, 0.05) is 0 Å². The monoisotopic (exact) mass is 199 g/mol. The Bertz CT molecular complexity index is 198. The number of nitrogens with one attached hydrogen (secondary N) is 1. The number of hydrogen-bond acceptors (Lipinski definition) is 4. The third-order valence-corrected chi connectivity index (χ3v) is 0.951. The Morgan fingerprint density at radius 3 is 2.18 bits per heavy atom. The molecule has 0 aliphatic carbocycles. The largest absolute Gasteiger partial charge is 0.367 e. The van der Waals surface area contributed by atoms with Crippen LogP contribution in [0.4, 0.5) is 5.95 Å². The molecule has 1 rings (SSSR count). The first-order chi connectivity index (χ1) is 4.20. The first-order valence-electron chi connectivity index (χ1n) is 2.63. The molecular weight excluding hydrogens is 189 g/mol. The molecule has 5 nitrogen and oxygen atoms in total. The van der Waals surface area contributed by atoms with Crippen LogP contribution in [0.25, 0.3) is 0 Å². The number of anilines is 1. The summed E-state index contributed by atoms with van der Waals surface area (Å²) in [5, 5.41) is 6.19. The zero-order valence-electron chi connectivity index (χ0n) is 5.94. The van der Waals surface area contributed by atoms with Gasteiger partial charge in [0.1, 0.15) is 5.82 Å². The predicted octanol–water partition coefficient (Wildman–Crippen LogP) is 0.250. The zero-order valence-corrected chi connectivity index (χ0v) is 7.58. The number of H-pyrrole nitrogens is 1. The van der Waals surface area contributed by atoms with Gasteiger partial charge in [-0.25, -0.2) is 0 Å². The Hall–Kier alpha value is -0.520. The van der Waals surface area contributed by atoms with E-state index in [9.17, 15) is 0 Å². The van der Waals surface area contributed by atoms with Crippen molar-refractivity contribution in [2.24, 2.45) is 5.73 Å². The van der Waals surface area contributed by atoms with Gasteiger partial charge in [0.2, 0.25) is 5.95 Å². The maximum absolute atomic E-state index is 5.44. The van der Waals surface area contributed by atoms with Crippen LogP contribution < -0.4 is 11.5 Å². The Morgan fingerprint density at radius 2 is 2.00 bits per heavy atom. The standard InChI is InChI=1S/C4H9N5.2ClH/c1-2(5)3-7-4(6)9-8-3;;/h2H,5H2,1H3,(H3,6,7,8,9);2*1H. The van der Waals surface area contributed by atoms with Crippen LogP contribution in [0.15, 0.2) is 0 Å². The predicted molar refractivity (Wildman–Crippen MR) is 47.9 cm³/mol. The third kappa shape index (κ3) is 3.41. The minimum absolute atomic E-state index is 0. The Morgan fingerprint density at radius 1 is 1.45 bits per heavy atom. The van der Waals surface area contributed by atoms with Gasteiger partial charge in [0.05, 0.1) is 6.04 Å². The van der Waals surface area contributed by atoms with Crippen LogP contribution in [0.2, 0.25) is 0 Å². The summed E-state index contributed by atoms with van der Waals surface area (Å²) >= 11 is 0. The van der Waals surface area contributed by atoms with Gasteiger partial charge in [0.15, 0.2) is 0 Å². The average molecular weight is 200 g/mol. The molecule has 5 N–H and O–H groups in total. The van der Waals surface area contributed by atoms with Crippen molar-refractivity contribution in [2.45, 2.75) is 13.0 Å². The molecule has 1 atom stereocenters. The van der Waals surface area contributed by atoms with Gasteiger partial charge in [-0.2, -0.15) is 4.98 Å². The smallest absolute Gasteiger partial charge is 0.239 e. The van der Waals surface area contributed by atoms with Gasteiger partial charge in [-0.3, -0.25) is 5.10 Å². The molecule has 1 aromatic rings. The van der Waals surface area contributed by atoms with E-state index in [0.717, 1.165) is 0 Å². The van der Waals surface area contributed by atoms with Crippen LogP contribution in [-0.2, 0) is 0 Å². The molecule has 0 aromatic carbocycles. The van der Waals surface area contributed by atoms with Crippen molar-refractivity contribution in [1.29, 1.82) is 0 Å². The van der Waals surface area contributed by atoms with Crippen molar-refractivity contribution in [2.75, 3.05) is 5.73 Å².